The van der Waals surface area contributed by atoms with Crippen molar-refractivity contribution >= 4 is 5.78 Å². The van der Waals surface area contributed by atoms with Gasteiger partial charge in [-0.25, -0.2) is 4.39 Å². The van der Waals surface area contributed by atoms with Crippen LogP contribution in [0.1, 0.15) is 56.9 Å². The van der Waals surface area contributed by atoms with Gasteiger partial charge < -0.3 is 5.32 Å². The lowest BCUT2D eigenvalue weighted by Crippen LogP contribution is -2.61. The van der Waals surface area contributed by atoms with Crippen molar-refractivity contribution in [1.82, 2.24) is 5.32 Å². The third-order valence-electron chi connectivity index (χ3n) is 8.44. The molecule has 4 saturated carbocycles. The van der Waals surface area contributed by atoms with Gasteiger partial charge in [-0.05, 0) is 74.3 Å². The van der Waals surface area contributed by atoms with Crippen LogP contribution in [0.4, 0.5) is 8.78 Å². The summed E-state index contributed by atoms with van der Waals surface area (Å²) in [6.45, 7) is 0.818. The van der Waals surface area contributed by atoms with Crippen LogP contribution in [0.5, 0.6) is 0 Å². The number of hydrogen-bond acceptors (Lipinski definition) is 2. The molecular weight excluding hydrogens is 356 g/mol. The van der Waals surface area contributed by atoms with Crippen molar-refractivity contribution in [1.29, 1.82) is 0 Å². The van der Waals surface area contributed by atoms with Crippen molar-refractivity contribution in [3.8, 4) is 0 Å². The first-order valence-electron chi connectivity index (χ1n) is 11.0. The van der Waals surface area contributed by atoms with Crippen LogP contribution < -0.4 is 5.32 Å². The van der Waals surface area contributed by atoms with Crippen molar-refractivity contribution in [2.24, 2.45) is 22.7 Å². The monoisotopic (exact) mass is 387 g/mol. The number of carbonyl (C=O) groups is 1. The highest BCUT2D eigenvalue weighted by Crippen LogP contribution is 2.70. The van der Waals surface area contributed by atoms with Crippen molar-refractivity contribution in [2.45, 2.75) is 63.0 Å². The van der Waals surface area contributed by atoms with E-state index in [1.54, 1.807) is 0 Å². The second kappa shape index (κ2) is 6.62. The normalized spacial score (nSPS) is 44.6. The number of hydrogen-bond donors (Lipinski definition) is 1. The number of carbonyl (C=O) groups excluding carboxylic acids is 1. The van der Waals surface area contributed by atoms with Crippen LogP contribution in [-0.4, -0.2) is 31.7 Å². The van der Waals surface area contributed by atoms with Crippen LogP contribution in [-0.2, 0) is 10.2 Å². The highest BCUT2D eigenvalue weighted by atomic mass is 19.1. The van der Waals surface area contributed by atoms with Crippen LogP contribution in [0.3, 0.4) is 0 Å². The molecule has 152 valence electrons. The maximum Gasteiger partial charge on any atom is 0.139 e. The number of Topliss-reactive ketones (excluding diaryl/α,β-unsaturated/α-hetero) is 1. The molecule has 0 amide bonds. The maximum atomic E-state index is 14.4. The molecule has 1 aromatic rings. The largest absolute Gasteiger partial charge is 0.314 e. The molecule has 1 heterocycles. The lowest BCUT2D eigenvalue weighted by molar-refractivity contribution is -0.164. The number of alkyl halides is 2. The quantitative estimate of drug-likeness (QED) is 0.788. The van der Waals surface area contributed by atoms with Crippen LogP contribution in [0.15, 0.2) is 30.3 Å². The molecule has 5 fully saturated rings. The molecule has 1 N–H and O–H groups in total. The zero-order valence-corrected chi connectivity index (χ0v) is 16.6. The molecule has 28 heavy (non-hydrogen) atoms. The summed E-state index contributed by atoms with van der Waals surface area (Å²) in [5, 5.41) is 3.08. The number of rotatable bonds is 5. The number of benzene rings is 1. The molecule has 2 unspecified atom stereocenters. The lowest BCUT2D eigenvalue weighted by atomic mass is 9.38. The third kappa shape index (κ3) is 2.86. The molecule has 1 aromatic carbocycles. The maximum absolute atomic E-state index is 14.4. The zero-order valence-electron chi connectivity index (χ0n) is 16.6. The second-order valence-corrected chi connectivity index (χ2v) is 10.5. The minimum Gasteiger partial charge on any atom is -0.314 e. The number of nitrogens with one attached hydrogen (secondary N) is 1. The van der Waals surface area contributed by atoms with Crippen molar-refractivity contribution < 1.29 is 13.6 Å². The Hall–Kier alpha value is -1.29. The summed E-state index contributed by atoms with van der Waals surface area (Å²) in [7, 11) is 0. The van der Waals surface area contributed by atoms with Crippen LogP contribution in [0, 0.1) is 22.7 Å². The summed E-state index contributed by atoms with van der Waals surface area (Å²) < 4.78 is 28.8. The van der Waals surface area contributed by atoms with Crippen molar-refractivity contribution in [3.63, 3.8) is 0 Å². The molecule has 4 aliphatic carbocycles. The lowest BCUT2D eigenvalue weighted by Gasteiger charge is -2.66. The Kier molecular flexibility index (Phi) is 4.42. The van der Waals surface area contributed by atoms with Gasteiger partial charge in [-0.15, -0.1) is 0 Å². The van der Waals surface area contributed by atoms with E-state index < -0.39 is 11.6 Å². The van der Waals surface area contributed by atoms with E-state index >= 15 is 0 Å². The van der Waals surface area contributed by atoms with E-state index in [1.807, 2.05) is 6.07 Å². The first-order valence-corrected chi connectivity index (χ1v) is 11.0. The molecule has 4 heteroatoms. The second-order valence-electron chi connectivity index (χ2n) is 10.5. The smallest absolute Gasteiger partial charge is 0.139 e. The molecule has 1 aliphatic heterocycles. The fourth-order valence-corrected chi connectivity index (χ4v) is 7.77. The van der Waals surface area contributed by atoms with Gasteiger partial charge >= 0.3 is 0 Å². The summed E-state index contributed by atoms with van der Waals surface area (Å²) >= 11 is 0. The zero-order chi connectivity index (χ0) is 19.4. The molecule has 4 bridgehead atoms. The summed E-state index contributed by atoms with van der Waals surface area (Å²) in [4.78, 5) is 13.6. The van der Waals surface area contributed by atoms with Gasteiger partial charge in [0.05, 0.1) is 6.67 Å². The van der Waals surface area contributed by atoms with Gasteiger partial charge in [-0.1, -0.05) is 30.3 Å². The molecule has 6 atom stereocenters. The van der Waals surface area contributed by atoms with Gasteiger partial charge in [-0.3, -0.25) is 9.18 Å². The SMILES string of the molecule is O=C(C[C@H]1CCNC[C@@H]1F)C12CC3C[C@@](CF)(C1)C[C@](c1ccccc1)(C3)C2. The Morgan fingerprint density at radius 3 is 2.68 bits per heavy atom. The van der Waals surface area contributed by atoms with Crippen LogP contribution >= 0.6 is 0 Å². The van der Waals surface area contributed by atoms with E-state index in [2.05, 4.69) is 29.6 Å². The summed E-state index contributed by atoms with van der Waals surface area (Å²) in [6, 6.07) is 10.5. The number of halogens is 2. The van der Waals surface area contributed by atoms with Crippen molar-refractivity contribution in [2.75, 3.05) is 19.8 Å². The van der Waals surface area contributed by atoms with Gasteiger partial charge in [-0.2, -0.15) is 0 Å². The standard InChI is InChI=1S/C24H31F2NO/c25-16-22-9-17-10-23(13-22,19-4-2-1-3-5-19)15-24(11-17,14-22)21(28)8-18-6-7-27-12-20(18)26/h1-5,17-18,20,27H,6-16H2/t17?,18-,20+,22+,23-,24?/m1/s1. The number of ketones is 1. The molecule has 5 aliphatic rings. The predicted octanol–water partition coefficient (Wildman–Crippen LogP) is 4.77. The minimum absolute atomic E-state index is 0.0777. The fraction of sp³-hybridized carbons (Fsp3) is 0.708. The van der Waals surface area contributed by atoms with Crippen LogP contribution in [0.2, 0.25) is 0 Å². The average Bonchev–Trinajstić information content (AvgIpc) is 2.69. The highest BCUT2D eigenvalue weighted by Gasteiger charge is 2.65. The van der Waals surface area contributed by atoms with E-state index in [9.17, 15) is 13.6 Å². The van der Waals surface area contributed by atoms with Gasteiger partial charge in [0.25, 0.3) is 0 Å². The Balaban J connectivity index is 1.48. The number of piperidine rings is 1. The summed E-state index contributed by atoms with van der Waals surface area (Å²) in [5.41, 5.74) is 0.408. The van der Waals surface area contributed by atoms with Gasteiger partial charge in [0.1, 0.15) is 12.0 Å². The first-order chi connectivity index (χ1) is 13.5. The van der Waals surface area contributed by atoms with E-state index in [0.29, 0.717) is 25.3 Å². The Morgan fingerprint density at radius 2 is 1.93 bits per heavy atom. The molecule has 2 nitrogen and oxygen atoms in total. The average molecular weight is 388 g/mol. The molecule has 0 spiro atoms. The molecule has 0 radical (unpaired) electrons. The highest BCUT2D eigenvalue weighted by molar-refractivity contribution is 5.86. The Bertz CT molecular complexity index is 754. The fourth-order valence-electron chi connectivity index (χ4n) is 7.77. The molecule has 1 saturated heterocycles. The predicted molar refractivity (Wildman–Crippen MR) is 106 cm³/mol. The van der Waals surface area contributed by atoms with Gasteiger partial charge in [0.2, 0.25) is 0 Å². The first kappa shape index (κ1) is 18.7. The van der Waals surface area contributed by atoms with E-state index in [0.717, 1.165) is 45.1 Å². The van der Waals surface area contributed by atoms with E-state index in [-0.39, 0.29) is 29.2 Å². The Morgan fingerprint density at radius 1 is 1.11 bits per heavy atom. The van der Waals surface area contributed by atoms with Crippen molar-refractivity contribution in [3.05, 3.63) is 35.9 Å². The summed E-state index contributed by atoms with van der Waals surface area (Å²) in [5.74, 6) is 0.477. The molecule has 6 rings (SSSR count). The van der Waals surface area contributed by atoms with Crippen LogP contribution in [0.25, 0.3) is 0 Å². The van der Waals surface area contributed by atoms with E-state index in [1.165, 1.54) is 5.56 Å². The Labute approximate surface area is 166 Å². The molecule has 0 aromatic heterocycles. The third-order valence-corrected chi connectivity index (χ3v) is 8.44. The summed E-state index contributed by atoms with van der Waals surface area (Å²) in [6.07, 6.45) is 5.40. The van der Waals surface area contributed by atoms with Gasteiger partial charge in [0.15, 0.2) is 0 Å². The minimum atomic E-state index is -0.940. The van der Waals surface area contributed by atoms with E-state index in [4.69, 9.17) is 0 Å². The van der Waals surface area contributed by atoms with Gasteiger partial charge in [0, 0.05) is 23.8 Å². The molecular formula is C24H31F2NO. The topological polar surface area (TPSA) is 29.1 Å².